The van der Waals surface area contributed by atoms with Gasteiger partial charge in [0.25, 0.3) is 0 Å². The molecule has 0 saturated carbocycles. The number of nitrogens with one attached hydrogen (secondary N) is 1. The second-order valence-corrected chi connectivity index (χ2v) is 7.53. The van der Waals surface area contributed by atoms with Gasteiger partial charge in [-0.1, -0.05) is 20.8 Å². The zero-order valence-electron chi connectivity index (χ0n) is 11.9. The predicted octanol–water partition coefficient (Wildman–Crippen LogP) is 2.46. The Kier molecular flexibility index (Phi) is 4.68. The first kappa shape index (κ1) is 15.6. The fraction of sp³-hybridized carbons (Fsp3) is 0.538. The lowest BCUT2D eigenvalue weighted by Crippen LogP contribution is -2.21. The van der Waals surface area contributed by atoms with E-state index in [1.807, 2.05) is 20.8 Å². The summed E-state index contributed by atoms with van der Waals surface area (Å²) in [6.45, 7) is 6.01. The maximum absolute atomic E-state index is 12.0. The number of benzene rings is 1. The summed E-state index contributed by atoms with van der Waals surface area (Å²) in [5.74, 6) is 0.664. The molecule has 0 amide bonds. The summed E-state index contributed by atoms with van der Waals surface area (Å²) in [4.78, 5) is 0. The topological polar surface area (TPSA) is 81.4 Å². The van der Waals surface area contributed by atoms with E-state index in [1.54, 1.807) is 18.2 Å². The molecule has 6 heteroatoms. The van der Waals surface area contributed by atoms with Crippen LogP contribution in [0.1, 0.15) is 27.2 Å². The minimum absolute atomic E-state index is 0.0276. The lowest BCUT2D eigenvalue weighted by Gasteiger charge is -2.18. The maximum Gasteiger partial charge on any atom is 0.232 e. The number of nitrogen functional groups attached to an aromatic ring is 1. The van der Waals surface area contributed by atoms with Crippen LogP contribution in [0.5, 0.6) is 5.75 Å². The van der Waals surface area contributed by atoms with E-state index in [-0.39, 0.29) is 11.2 Å². The number of anilines is 2. The van der Waals surface area contributed by atoms with Crippen LogP contribution in [0, 0.1) is 5.41 Å². The molecule has 0 unspecified atom stereocenters. The molecule has 0 fully saturated rings. The summed E-state index contributed by atoms with van der Waals surface area (Å²) < 4.78 is 31.4. The summed E-state index contributed by atoms with van der Waals surface area (Å²) in [7, 11) is -1.85. The van der Waals surface area contributed by atoms with Crippen molar-refractivity contribution >= 4 is 21.4 Å². The summed E-state index contributed by atoms with van der Waals surface area (Å²) in [6, 6.07) is 4.85. The van der Waals surface area contributed by atoms with Crippen molar-refractivity contribution in [1.29, 1.82) is 0 Å². The highest BCUT2D eigenvalue weighted by Crippen LogP contribution is 2.26. The van der Waals surface area contributed by atoms with Crippen LogP contribution < -0.4 is 15.2 Å². The van der Waals surface area contributed by atoms with Crippen LogP contribution in [-0.4, -0.2) is 21.3 Å². The third kappa shape index (κ3) is 5.38. The van der Waals surface area contributed by atoms with E-state index in [2.05, 4.69) is 4.72 Å². The fourth-order valence-corrected chi connectivity index (χ4v) is 2.92. The van der Waals surface area contributed by atoms with Gasteiger partial charge in [-0.25, -0.2) is 8.42 Å². The molecule has 0 heterocycles. The molecule has 0 aromatic heterocycles. The highest BCUT2D eigenvalue weighted by atomic mass is 32.2. The van der Waals surface area contributed by atoms with Gasteiger partial charge in [-0.2, -0.15) is 0 Å². The van der Waals surface area contributed by atoms with Gasteiger partial charge in [0.1, 0.15) is 5.75 Å². The van der Waals surface area contributed by atoms with Crippen molar-refractivity contribution in [1.82, 2.24) is 0 Å². The van der Waals surface area contributed by atoms with Gasteiger partial charge in [-0.15, -0.1) is 0 Å². The smallest absolute Gasteiger partial charge is 0.232 e. The Morgan fingerprint density at radius 2 is 1.95 bits per heavy atom. The molecule has 1 rings (SSSR count). The van der Waals surface area contributed by atoms with Crippen LogP contribution in [0.2, 0.25) is 0 Å². The minimum Gasteiger partial charge on any atom is -0.497 e. The molecule has 1 aromatic carbocycles. The van der Waals surface area contributed by atoms with Gasteiger partial charge >= 0.3 is 0 Å². The average molecular weight is 286 g/mol. The van der Waals surface area contributed by atoms with E-state index in [4.69, 9.17) is 10.5 Å². The largest absolute Gasteiger partial charge is 0.497 e. The molecular formula is C13H22N2O3S. The fourth-order valence-electron chi connectivity index (χ4n) is 1.42. The van der Waals surface area contributed by atoms with Gasteiger partial charge in [-0.3, -0.25) is 4.72 Å². The van der Waals surface area contributed by atoms with Gasteiger partial charge in [0.15, 0.2) is 0 Å². The molecule has 19 heavy (non-hydrogen) atoms. The molecule has 1 aromatic rings. The third-order valence-electron chi connectivity index (χ3n) is 2.64. The molecule has 0 saturated heterocycles. The Morgan fingerprint density at radius 3 is 2.42 bits per heavy atom. The number of nitrogens with two attached hydrogens (primary N) is 1. The van der Waals surface area contributed by atoms with E-state index in [0.717, 1.165) is 0 Å². The van der Waals surface area contributed by atoms with Gasteiger partial charge in [0.05, 0.1) is 24.2 Å². The van der Waals surface area contributed by atoms with E-state index in [0.29, 0.717) is 23.5 Å². The summed E-state index contributed by atoms with van der Waals surface area (Å²) in [6.07, 6.45) is 0.582. The third-order valence-corrected chi connectivity index (χ3v) is 3.92. The van der Waals surface area contributed by atoms with Crippen molar-refractivity contribution in [3.05, 3.63) is 18.2 Å². The Labute approximate surface area is 115 Å². The molecule has 0 aliphatic heterocycles. The van der Waals surface area contributed by atoms with E-state index < -0.39 is 10.0 Å². The van der Waals surface area contributed by atoms with E-state index in [9.17, 15) is 8.42 Å². The molecule has 0 spiro atoms. The van der Waals surface area contributed by atoms with Crippen LogP contribution in [0.4, 0.5) is 11.4 Å². The molecule has 0 bridgehead atoms. The van der Waals surface area contributed by atoms with Gasteiger partial charge in [-0.05, 0) is 24.0 Å². The number of rotatable bonds is 5. The molecule has 0 aliphatic carbocycles. The second kappa shape index (κ2) is 5.69. The predicted molar refractivity (Wildman–Crippen MR) is 78.9 cm³/mol. The quantitative estimate of drug-likeness (QED) is 0.815. The number of hydrogen-bond acceptors (Lipinski definition) is 4. The lowest BCUT2D eigenvalue weighted by molar-refractivity contribution is 0.397. The molecule has 3 N–H and O–H groups in total. The van der Waals surface area contributed by atoms with Gasteiger partial charge < -0.3 is 10.5 Å². The average Bonchev–Trinajstić information content (AvgIpc) is 2.28. The minimum atomic E-state index is -3.38. The van der Waals surface area contributed by atoms with Gasteiger partial charge in [0.2, 0.25) is 10.0 Å². The highest BCUT2D eigenvalue weighted by Gasteiger charge is 2.18. The molecule has 0 aliphatic rings. The highest BCUT2D eigenvalue weighted by molar-refractivity contribution is 7.92. The van der Waals surface area contributed by atoms with Crippen LogP contribution in [0.3, 0.4) is 0 Å². The van der Waals surface area contributed by atoms with Crippen molar-refractivity contribution in [2.45, 2.75) is 27.2 Å². The van der Waals surface area contributed by atoms with Crippen molar-refractivity contribution in [2.75, 3.05) is 23.3 Å². The molecular weight excluding hydrogens is 264 g/mol. The number of methoxy groups -OCH3 is 1. The first-order valence-corrected chi connectivity index (χ1v) is 7.72. The van der Waals surface area contributed by atoms with Crippen LogP contribution in [0.15, 0.2) is 18.2 Å². The first-order valence-electron chi connectivity index (χ1n) is 6.07. The van der Waals surface area contributed by atoms with Crippen LogP contribution in [0.25, 0.3) is 0 Å². The van der Waals surface area contributed by atoms with Crippen molar-refractivity contribution in [3.63, 3.8) is 0 Å². The number of sulfonamides is 1. The summed E-state index contributed by atoms with van der Waals surface area (Å²) in [5, 5.41) is 0. The SMILES string of the molecule is COc1ccc(NS(=O)(=O)CCC(C)(C)C)c(N)c1. The monoisotopic (exact) mass is 286 g/mol. The summed E-state index contributed by atoms with van der Waals surface area (Å²) >= 11 is 0. The molecule has 0 atom stereocenters. The molecule has 108 valence electrons. The van der Waals surface area contributed by atoms with Gasteiger partial charge in [0, 0.05) is 6.07 Å². The van der Waals surface area contributed by atoms with E-state index >= 15 is 0 Å². The van der Waals surface area contributed by atoms with Crippen LogP contribution >= 0.6 is 0 Å². The summed E-state index contributed by atoms with van der Waals surface area (Å²) in [5.41, 5.74) is 6.48. The standard InChI is InChI=1S/C13H22N2O3S/c1-13(2,3)7-8-19(16,17)15-12-6-5-10(18-4)9-11(12)14/h5-6,9,15H,7-8,14H2,1-4H3. The van der Waals surface area contributed by atoms with Crippen LogP contribution in [-0.2, 0) is 10.0 Å². The normalized spacial score (nSPS) is 12.2. The van der Waals surface area contributed by atoms with Crippen molar-refractivity contribution < 1.29 is 13.2 Å². The molecule has 0 radical (unpaired) electrons. The van der Waals surface area contributed by atoms with Crippen molar-refractivity contribution in [3.8, 4) is 5.75 Å². The zero-order valence-corrected chi connectivity index (χ0v) is 12.7. The zero-order chi connectivity index (χ0) is 14.7. The first-order chi connectivity index (χ1) is 8.63. The van der Waals surface area contributed by atoms with Crippen molar-refractivity contribution in [2.24, 2.45) is 5.41 Å². The second-order valence-electron chi connectivity index (χ2n) is 5.68. The Hall–Kier alpha value is -1.43. The van der Waals surface area contributed by atoms with E-state index in [1.165, 1.54) is 7.11 Å². The Morgan fingerprint density at radius 1 is 1.32 bits per heavy atom. The Balaban J connectivity index is 2.78. The number of hydrogen-bond donors (Lipinski definition) is 2. The maximum atomic E-state index is 12.0. The lowest BCUT2D eigenvalue weighted by atomic mass is 9.94. The molecule has 5 nitrogen and oxygen atoms in total. The number of ether oxygens (including phenoxy) is 1. The Bertz CT molecular complexity index is 533.